The molecule has 1 aliphatic rings. The third kappa shape index (κ3) is 4.82. The molecule has 198 valence electrons. The molecule has 0 spiro atoms. The predicted molar refractivity (Wildman–Crippen MR) is 136 cm³/mol. The first kappa shape index (κ1) is 25.3. The second-order valence-electron chi connectivity index (χ2n) is 9.40. The molecular weight excluding hydrogens is 496 g/mol. The first-order chi connectivity index (χ1) is 18.2. The van der Waals surface area contributed by atoms with E-state index in [4.69, 9.17) is 10.5 Å². The number of nitrogens with zero attached hydrogens (tertiary/aromatic N) is 5. The fraction of sp³-hybridized carbons (Fsp3) is 0.308. The largest absolute Gasteiger partial charge is 0.508 e. The number of aromatic hydroxyl groups is 1. The number of aromatic nitrogens is 4. The summed E-state index contributed by atoms with van der Waals surface area (Å²) in [7, 11) is 1.32. The molecule has 0 unspecified atom stereocenters. The van der Waals surface area contributed by atoms with Crippen LogP contribution >= 0.6 is 0 Å². The fourth-order valence-electron chi connectivity index (χ4n) is 4.99. The standard InChI is InChI=1S/C26H27F2N7O3/c1-14-12-34(13-20(29)25(14)32-26(37)38-2)22-5-6-30-10-15(22)7-23-31-11-16-3-4-21(33-35(16)23)24-18(27)8-17(36)9-19(24)28/h3-6,8-11,14,20,25,36H,7,12-13,29H2,1-2H3,(H,32,37)/t14-,20+,25-/m0/s1. The third-order valence-electron chi connectivity index (χ3n) is 6.79. The summed E-state index contributed by atoms with van der Waals surface area (Å²) < 4.78 is 35.3. The second-order valence-corrected chi connectivity index (χ2v) is 9.40. The number of carbonyl (C=O) groups excluding carboxylic acids is 1. The molecule has 10 nitrogen and oxygen atoms in total. The van der Waals surface area contributed by atoms with Crippen LogP contribution in [0.5, 0.6) is 5.75 Å². The average molecular weight is 524 g/mol. The molecule has 1 saturated heterocycles. The van der Waals surface area contributed by atoms with E-state index in [0.717, 1.165) is 23.4 Å². The third-order valence-corrected chi connectivity index (χ3v) is 6.79. The number of rotatable bonds is 5. The molecule has 1 amide bonds. The lowest BCUT2D eigenvalue weighted by molar-refractivity contribution is 0.156. The van der Waals surface area contributed by atoms with Crippen molar-refractivity contribution < 1.29 is 23.4 Å². The summed E-state index contributed by atoms with van der Waals surface area (Å²) in [5, 5.41) is 16.8. The van der Waals surface area contributed by atoms with Crippen LogP contribution in [0.3, 0.4) is 0 Å². The number of amides is 1. The minimum Gasteiger partial charge on any atom is -0.508 e. The van der Waals surface area contributed by atoms with Gasteiger partial charge in [0.15, 0.2) is 0 Å². The maximum atomic E-state index is 14.5. The van der Waals surface area contributed by atoms with E-state index in [1.807, 2.05) is 13.0 Å². The van der Waals surface area contributed by atoms with Gasteiger partial charge < -0.3 is 25.8 Å². The van der Waals surface area contributed by atoms with E-state index >= 15 is 0 Å². The smallest absolute Gasteiger partial charge is 0.407 e. The normalized spacial score (nSPS) is 19.5. The van der Waals surface area contributed by atoms with Gasteiger partial charge in [0.05, 0.1) is 36.1 Å². The Hall–Kier alpha value is -4.32. The number of benzene rings is 1. The van der Waals surface area contributed by atoms with Crippen LogP contribution in [0.4, 0.5) is 19.3 Å². The number of hydrogen-bond donors (Lipinski definition) is 3. The van der Waals surface area contributed by atoms with Crippen LogP contribution in [0, 0.1) is 17.6 Å². The molecule has 5 rings (SSSR count). The number of carbonyl (C=O) groups is 1. The molecule has 38 heavy (non-hydrogen) atoms. The first-order valence-corrected chi connectivity index (χ1v) is 12.0. The van der Waals surface area contributed by atoms with Crippen LogP contribution < -0.4 is 16.0 Å². The summed E-state index contributed by atoms with van der Waals surface area (Å²) in [6.45, 7) is 3.16. The number of pyridine rings is 1. The summed E-state index contributed by atoms with van der Waals surface area (Å²) in [4.78, 5) is 22.7. The Morgan fingerprint density at radius 2 is 1.97 bits per heavy atom. The molecule has 0 radical (unpaired) electrons. The highest BCUT2D eigenvalue weighted by atomic mass is 19.1. The molecule has 4 aromatic rings. The van der Waals surface area contributed by atoms with Gasteiger partial charge in [-0.15, -0.1) is 0 Å². The lowest BCUT2D eigenvalue weighted by Crippen LogP contribution is -2.62. The minimum atomic E-state index is -0.916. The van der Waals surface area contributed by atoms with Crippen LogP contribution in [0.2, 0.25) is 0 Å². The van der Waals surface area contributed by atoms with Crippen LogP contribution in [0.25, 0.3) is 16.8 Å². The summed E-state index contributed by atoms with van der Waals surface area (Å²) in [6, 6.07) is 6.21. The molecule has 0 saturated carbocycles. The molecule has 4 heterocycles. The molecular formula is C26H27F2N7O3. The number of ether oxygens (including phenoxy) is 1. The monoisotopic (exact) mass is 523 g/mol. The van der Waals surface area contributed by atoms with E-state index in [0.29, 0.717) is 30.9 Å². The van der Waals surface area contributed by atoms with Crippen molar-refractivity contribution in [1.29, 1.82) is 0 Å². The Balaban J connectivity index is 1.44. The van der Waals surface area contributed by atoms with Gasteiger partial charge in [0.25, 0.3) is 0 Å². The Labute approximate surface area is 217 Å². The Bertz CT molecular complexity index is 1460. The molecule has 1 aliphatic heterocycles. The van der Waals surface area contributed by atoms with E-state index in [1.54, 1.807) is 29.2 Å². The zero-order valence-electron chi connectivity index (χ0n) is 20.8. The number of nitrogens with one attached hydrogen (secondary N) is 1. The molecule has 0 aliphatic carbocycles. The summed E-state index contributed by atoms with van der Waals surface area (Å²) >= 11 is 0. The van der Waals surface area contributed by atoms with E-state index in [1.165, 1.54) is 13.2 Å². The number of fused-ring (bicyclic) bond motifs is 1. The number of methoxy groups -OCH3 is 1. The quantitative estimate of drug-likeness (QED) is 0.364. The number of imidazole rings is 1. The molecule has 3 atom stereocenters. The number of nitrogens with two attached hydrogens (primary N) is 1. The zero-order chi connectivity index (χ0) is 27.0. The van der Waals surface area contributed by atoms with E-state index in [9.17, 15) is 18.7 Å². The summed E-state index contributed by atoms with van der Waals surface area (Å²) in [5.41, 5.74) is 8.61. The van der Waals surface area contributed by atoms with Crippen LogP contribution in [0.15, 0.2) is 48.9 Å². The lowest BCUT2D eigenvalue weighted by atomic mass is 9.89. The number of phenols is 1. The summed E-state index contributed by atoms with van der Waals surface area (Å²) in [5.74, 6) is -1.74. The van der Waals surface area contributed by atoms with Gasteiger partial charge in [0.2, 0.25) is 0 Å². The van der Waals surface area contributed by atoms with E-state index in [-0.39, 0.29) is 29.3 Å². The number of phenolic OH excluding ortho intramolecular Hbond substituents is 1. The lowest BCUT2D eigenvalue weighted by Gasteiger charge is -2.42. The minimum absolute atomic E-state index is 0.0467. The first-order valence-electron chi connectivity index (χ1n) is 12.0. The molecule has 1 fully saturated rings. The van der Waals surface area contributed by atoms with Gasteiger partial charge in [-0.2, -0.15) is 5.10 Å². The molecule has 1 aromatic carbocycles. The van der Waals surface area contributed by atoms with Gasteiger partial charge in [-0.1, -0.05) is 6.92 Å². The van der Waals surface area contributed by atoms with Crippen molar-refractivity contribution in [2.24, 2.45) is 11.7 Å². The second kappa shape index (κ2) is 10.2. The number of anilines is 1. The van der Waals surface area contributed by atoms with Gasteiger partial charge in [0, 0.05) is 61.3 Å². The number of piperidine rings is 1. The maximum absolute atomic E-state index is 14.5. The van der Waals surface area contributed by atoms with E-state index < -0.39 is 23.5 Å². The highest BCUT2D eigenvalue weighted by Gasteiger charge is 2.34. The van der Waals surface area contributed by atoms with Crippen LogP contribution in [-0.2, 0) is 11.2 Å². The Morgan fingerprint density at radius 1 is 1.21 bits per heavy atom. The molecule has 0 bridgehead atoms. The van der Waals surface area contributed by atoms with Crippen molar-refractivity contribution >= 4 is 17.3 Å². The van der Waals surface area contributed by atoms with Gasteiger partial charge in [0.1, 0.15) is 23.2 Å². The van der Waals surface area contributed by atoms with Gasteiger partial charge in [-0.3, -0.25) is 4.98 Å². The van der Waals surface area contributed by atoms with E-state index in [2.05, 4.69) is 25.3 Å². The zero-order valence-corrected chi connectivity index (χ0v) is 20.8. The predicted octanol–water partition coefficient (Wildman–Crippen LogP) is 2.87. The highest BCUT2D eigenvalue weighted by molar-refractivity contribution is 5.68. The topological polar surface area (TPSA) is 131 Å². The number of alkyl carbamates (subject to hydrolysis) is 1. The Kier molecular flexibility index (Phi) is 6.81. The maximum Gasteiger partial charge on any atom is 0.407 e. The van der Waals surface area contributed by atoms with Crippen molar-refractivity contribution in [3.05, 3.63) is 71.9 Å². The molecule has 3 aromatic heterocycles. The fourth-order valence-corrected chi connectivity index (χ4v) is 4.99. The van der Waals surface area contributed by atoms with Gasteiger partial charge >= 0.3 is 6.09 Å². The van der Waals surface area contributed by atoms with Crippen LogP contribution in [0.1, 0.15) is 18.3 Å². The average Bonchev–Trinajstić information content (AvgIpc) is 3.27. The van der Waals surface area contributed by atoms with Gasteiger partial charge in [-0.25, -0.2) is 23.1 Å². The number of halogens is 2. The van der Waals surface area contributed by atoms with Crippen LogP contribution in [-0.4, -0.2) is 63.1 Å². The van der Waals surface area contributed by atoms with Gasteiger partial charge in [-0.05, 0) is 24.1 Å². The SMILES string of the molecule is COC(=O)N[C@@H]1[C@H](N)CN(c2ccncc2Cc2ncc3ccc(-c4c(F)cc(O)cc4F)nn23)C[C@@H]1C. The van der Waals surface area contributed by atoms with Crippen molar-refractivity contribution in [1.82, 2.24) is 24.9 Å². The van der Waals surface area contributed by atoms with Crippen molar-refractivity contribution in [2.75, 3.05) is 25.1 Å². The van der Waals surface area contributed by atoms with Crippen molar-refractivity contribution in [2.45, 2.75) is 25.4 Å². The number of hydrogen-bond acceptors (Lipinski definition) is 8. The van der Waals surface area contributed by atoms with Crippen molar-refractivity contribution in [3.63, 3.8) is 0 Å². The molecule has 12 heteroatoms. The van der Waals surface area contributed by atoms with Crippen molar-refractivity contribution in [3.8, 4) is 17.0 Å². The highest BCUT2D eigenvalue weighted by Crippen LogP contribution is 2.30. The Morgan fingerprint density at radius 3 is 2.68 bits per heavy atom. The summed E-state index contributed by atoms with van der Waals surface area (Å²) in [6.07, 6.45) is 4.91. The molecule has 4 N–H and O–H groups in total.